The lowest BCUT2D eigenvalue weighted by atomic mass is 10.0. The van der Waals surface area contributed by atoms with E-state index >= 15 is 0 Å². The van der Waals surface area contributed by atoms with Crippen molar-refractivity contribution in [3.05, 3.63) is 101 Å². The molecule has 3 aromatic rings. The molecular formula is C24H19FN2O2. The number of benzene rings is 3. The zero-order chi connectivity index (χ0) is 20.5. The van der Waals surface area contributed by atoms with Crippen LogP contribution in [0.2, 0.25) is 0 Å². The van der Waals surface area contributed by atoms with Crippen molar-refractivity contribution >= 4 is 28.8 Å². The molecule has 0 unspecified atom stereocenters. The Morgan fingerprint density at radius 1 is 0.828 bits per heavy atom. The van der Waals surface area contributed by atoms with Crippen molar-refractivity contribution in [3.8, 4) is 0 Å². The number of nitrogens with zero attached hydrogens (tertiary/aromatic N) is 1. The number of rotatable bonds is 4. The first kappa shape index (κ1) is 18.6. The number of hydrogen-bond donors (Lipinski definition) is 1. The number of nitrogens with one attached hydrogen (secondary N) is 1. The summed E-state index contributed by atoms with van der Waals surface area (Å²) < 4.78 is 13.4. The molecule has 0 aromatic heterocycles. The Morgan fingerprint density at radius 3 is 2.24 bits per heavy atom. The topological polar surface area (TPSA) is 49.4 Å². The van der Waals surface area contributed by atoms with Gasteiger partial charge in [-0.3, -0.25) is 9.59 Å². The van der Waals surface area contributed by atoms with E-state index in [2.05, 4.69) is 5.32 Å². The highest BCUT2D eigenvalue weighted by atomic mass is 19.1. The van der Waals surface area contributed by atoms with Gasteiger partial charge in [-0.15, -0.1) is 0 Å². The van der Waals surface area contributed by atoms with Gasteiger partial charge in [0.15, 0.2) is 0 Å². The molecule has 1 heterocycles. The Kier molecular flexibility index (Phi) is 4.72. The number of para-hydroxylation sites is 1. The highest BCUT2D eigenvalue weighted by Crippen LogP contribution is 2.35. The van der Waals surface area contributed by atoms with Gasteiger partial charge in [0.2, 0.25) is 0 Å². The highest BCUT2D eigenvalue weighted by molar-refractivity contribution is 6.46. The molecule has 0 saturated carbocycles. The van der Waals surface area contributed by atoms with Crippen LogP contribution in [-0.2, 0) is 9.59 Å². The van der Waals surface area contributed by atoms with Crippen LogP contribution in [0.4, 0.5) is 15.8 Å². The second kappa shape index (κ2) is 7.36. The van der Waals surface area contributed by atoms with Crippen LogP contribution in [0.25, 0.3) is 5.57 Å². The second-order valence-corrected chi connectivity index (χ2v) is 6.98. The van der Waals surface area contributed by atoms with Crippen LogP contribution < -0.4 is 10.2 Å². The minimum Gasteiger partial charge on any atom is -0.350 e. The van der Waals surface area contributed by atoms with E-state index in [9.17, 15) is 14.0 Å². The first-order valence-electron chi connectivity index (χ1n) is 9.24. The summed E-state index contributed by atoms with van der Waals surface area (Å²) in [5.41, 5.74) is 3.94. The Labute approximate surface area is 168 Å². The van der Waals surface area contributed by atoms with Crippen molar-refractivity contribution in [1.29, 1.82) is 0 Å². The summed E-state index contributed by atoms with van der Waals surface area (Å²) in [5.74, 6) is -1.29. The number of imide groups is 1. The van der Waals surface area contributed by atoms with E-state index in [1.807, 2.05) is 50.2 Å². The van der Waals surface area contributed by atoms with Gasteiger partial charge in [0.1, 0.15) is 11.5 Å². The molecule has 5 heteroatoms. The number of carbonyl (C=O) groups is 2. The summed E-state index contributed by atoms with van der Waals surface area (Å²) in [7, 11) is 0. The number of carbonyl (C=O) groups excluding carboxylic acids is 2. The summed E-state index contributed by atoms with van der Waals surface area (Å²) in [4.78, 5) is 27.8. The van der Waals surface area contributed by atoms with Gasteiger partial charge in [-0.1, -0.05) is 42.5 Å². The largest absolute Gasteiger partial charge is 0.350 e. The maximum absolute atomic E-state index is 13.4. The van der Waals surface area contributed by atoms with Crippen LogP contribution >= 0.6 is 0 Å². The molecule has 29 heavy (non-hydrogen) atoms. The average molecular weight is 386 g/mol. The van der Waals surface area contributed by atoms with E-state index in [-0.39, 0.29) is 11.3 Å². The van der Waals surface area contributed by atoms with Crippen LogP contribution in [0.1, 0.15) is 16.7 Å². The molecule has 0 bridgehead atoms. The monoisotopic (exact) mass is 386 g/mol. The third-order valence-electron chi connectivity index (χ3n) is 4.86. The van der Waals surface area contributed by atoms with Gasteiger partial charge < -0.3 is 5.32 Å². The molecule has 0 fully saturated rings. The van der Waals surface area contributed by atoms with Gasteiger partial charge in [0.25, 0.3) is 11.8 Å². The SMILES string of the molecule is Cc1cccc(NC2=C(c3ccc(F)cc3)C(=O)N(c3ccccc3C)C2=O)c1. The molecule has 1 N–H and O–H groups in total. The first-order chi connectivity index (χ1) is 14.0. The van der Waals surface area contributed by atoms with E-state index < -0.39 is 17.6 Å². The molecule has 4 rings (SSSR count). The van der Waals surface area contributed by atoms with Crippen LogP contribution in [-0.4, -0.2) is 11.8 Å². The normalized spacial score (nSPS) is 14.0. The molecule has 0 radical (unpaired) electrons. The average Bonchev–Trinajstić information content (AvgIpc) is 2.93. The minimum absolute atomic E-state index is 0.176. The third-order valence-corrected chi connectivity index (χ3v) is 4.86. The van der Waals surface area contributed by atoms with Crippen molar-refractivity contribution in [1.82, 2.24) is 0 Å². The van der Waals surface area contributed by atoms with Crippen molar-refractivity contribution < 1.29 is 14.0 Å². The standard InChI is InChI=1S/C24H19FN2O2/c1-15-6-5-8-19(14-15)26-22-21(17-10-12-18(25)13-11-17)23(28)27(24(22)29)20-9-4-3-7-16(20)2/h3-14,26H,1-2H3. The maximum Gasteiger partial charge on any atom is 0.282 e. The molecule has 0 aliphatic carbocycles. The number of anilines is 2. The lowest BCUT2D eigenvalue weighted by molar-refractivity contribution is -0.120. The Hall–Kier alpha value is -3.73. The molecule has 2 amide bonds. The number of amides is 2. The van der Waals surface area contributed by atoms with Gasteiger partial charge in [-0.2, -0.15) is 0 Å². The fourth-order valence-electron chi connectivity index (χ4n) is 3.43. The Balaban J connectivity index is 1.85. The molecule has 1 aliphatic heterocycles. The molecule has 0 saturated heterocycles. The van der Waals surface area contributed by atoms with Crippen molar-refractivity contribution in [2.75, 3.05) is 10.2 Å². The van der Waals surface area contributed by atoms with Crippen molar-refractivity contribution in [2.24, 2.45) is 0 Å². The lowest BCUT2D eigenvalue weighted by Gasteiger charge is -2.17. The summed E-state index contributed by atoms with van der Waals surface area (Å²) in [6.07, 6.45) is 0. The van der Waals surface area contributed by atoms with Gasteiger partial charge in [0, 0.05) is 5.69 Å². The molecule has 0 atom stereocenters. The van der Waals surface area contributed by atoms with E-state index in [0.29, 0.717) is 16.9 Å². The molecule has 0 spiro atoms. The van der Waals surface area contributed by atoms with Crippen molar-refractivity contribution in [3.63, 3.8) is 0 Å². The minimum atomic E-state index is -0.440. The second-order valence-electron chi connectivity index (χ2n) is 6.98. The van der Waals surface area contributed by atoms with Gasteiger partial charge in [-0.25, -0.2) is 9.29 Å². The van der Waals surface area contributed by atoms with Gasteiger partial charge in [0.05, 0.1) is 11.3 Å². The molecule has 3 aromatic carbocycles. The zero-order valence-corrected chi connectivity index (χ0v) is 16.1. The quantitative estimate of drug-likeness (QED) is 0.653. The number of hydrogen-bond acceptors (Lipinski definition) is 3. The summed E-state index contributed by atoms with van der Waals surface area (Å²) in [6.45, 7) is 3.79. The predicted octanol–water partition coefficient (Wildman–Crippen LogP) is 4.84. The van der Waals surface area contributed by atoms with Crippen LogP contribution in [0, 0.1) is 19.7 Å². The van der Waals surface area contributed by atoms with E-state index in [0.717, 1.165) is 11.1 Å². The fraction of sp³-hybridized carbons (Fsp3) is 0.0833. The molecular weight excluding hydrogens is 367 g/mol. The smallest absolute Gasteiger partial charge is 0.282 e. The van der Waals surface area contributed by atoms with Gasteiger partial charge >= 0.3 is 0 Å². The zero-order valence-electron chi connectivity index (χ0n) is 16.1. The van der Waals surface area contributed by atoms with E-state index in [1.54, 1.807) is 12.1 Å². The third kappa shape index (κ3) is 3.43. The van der Waals surface area contributed by atoms with Crippen LogP contribution in [0.5, 0.6) is 0 Å². The van der Waals surface area contributed by atoms with Crippen LogP contribution in [0.3, 0.4) is 0 Å². The number of halogens is 1. The number of aryl methyl sites for hydroxylation is 2. The predicted molar refractivity (Wildman–Crippen MR) is 112 cm³/mol. The maximum atomic E-state index is 13.4. The van der Waals surface area contributed by atoms with Crippen molar-refractivity contribution in [2.45, 2.75) is 13.8 Å². The Morgan fingerprint density at radius 2 is 1.55 bits per heavy atom. The van der Waals surface area contributed by atoms with Gasteiger partial charge in [-0.05, 0) is 60.9 Å². The highest BCUT2D eigenvalue weighted by Gasteiger charge is 2.40. The summed E-state index contributed by atoms with van der Waals surface area (Å²) in [6, 6.07) is 20.3. The molecule has 4 nitrogen and oxygen atoms in total. The van der Waals surface area contributed by atoms with E-state index in [4.69, 9.17) is 0 Å². The molecule has 1 aliphatic rings. The van der Waals surface area contributed by atoms with Crippen LogP contribution in [0.15, 0.2) is 78.5 Å². The summed E-state index contributed by atoms with van der Waals surface area (Å²) in [5, 5.41) is 3.12. The fourth-order valence-corrected chi connectivity index (χ4v) is 3.43. The lowest BCUT2D eigenvalue weighted by Crippen LogP contribution is -2.33. The van der Waals surface area contributed by atoms with E-state index in [1.165, 1.54) is 29.2 Å². The summed E-state index contributed by atoms with van der Waals surface area (Å²) >= 11 is 0. The molecule has 144 valence electrons. The Bertz CT molecular complexity index is 1150. The first-order valence-corrected chi connectivity index (χ1v) is 9.24.